The molecule has 0 saturated heterocycles. The van der Waals surface area contributed by atoms with Crippen LogP contribution < -0.4 is 14.9 Å². The molecule has 8 heteroatoms. The van der Waals surface area contributed by atoms with Crippen LogP contribution in [0, 0.1) is 0 Å². The lowest BCUT2D eigenvalue weighted by Crippen LogP contribution is -2.17. The van der Waals surface area contributed by atoms with Crippen molar-refractivity contribution < 1.29 is 14.3 Å². The van der Waals surface area contributed by atoms with Gasteiger partial charge in [0.05, 0.1) is 17.8 Å². The van der Waals surface area contributed by atoms with Crippen molar-refractivity contribution >= 4 is 46.9 Å². The van der Waals surface area contributed by atoms with Gasteiger partial charge in [0, 0.05) is 21.2 Å². The van der Waals surface area contributed by atoms with Gasteiger partial charge in [-0.1, -0.05) is 53.0 Å². The highest BCUT2D eigenvalue weighted by Crippen LogP contribution is 2.37. The van der Waals surface area contributed by atoms with Gasteiger partial charge in [-0.05, 0) is 55.0 Å². The second-order valence-corrected chi connectivity index (χ2v) is 7.60. The zero-order valence-electron chi connectivity index (χ0n) is 16.6. The Balaban J connectivity index is 1.73. The zero-order valence-corrected chi connectivity index (χ0v) is 18.8. The lowest BCUT2D eigenvalue weighted by atomic mass is 10.2. The summed E-state index contributed by atoms with van der Waals surface area (Å²) in [7, 11) is 0. The molecular formula is C23H19Cl3N2O3. The number of rotatable bonds is 8. The average Bonchev–Trinajstić information content (AvgIpc) is 2.75. The van der Waals surface area contributed by atoms with Crippen molar-refractivity contribution in [2.45, 2.75) is 13.5 Å². The molecule has 1 N–H and O–H groups in total. The third kappa shape index (κ3) is 6.37. The number of amides is 1. The van der Waals surface area contributed by atoms with E-state index in [-0.39, 0.29) is 12.5 Å². The number of nitrogens with zero attached hydrogens (tertiary/aromatic N) is 1. The summed E-state index contributed by atoms with van der Waals surface area (Å²) >= 11 is 18.4. The summed E-state index contributed by atoms with van der Waals surface area (Å²) in [5.74, 6) is 0.516. The maximum Gasteiger partial charge on any atom is 0.271 e. The molecule has 0 aromatic heterocycles. The van der Waals surface area contributed by atoms with Crippen LogP contribution in [0.15, 0.2) is 65.8 Å². The summed E-state index contributed by atoms with van der Waals surface area (Å²) < 4.78 is 11.6. The average molecular weight is 478 g/mol. The second kappa shape index (κ2) is 11.0. The molecule has 5 nitrogen and oxygen atoms in total. The molecule has 0 aliphatic heterocycles. The van der Waals surface area contributed by atoms with E-state index in [4.69, 9.17) is 44.3 Å². The quantitative estimate of drug-likeness (QED) is 0.302. The molecule has 0 aliphatic rings. The summed E-state index contributed by atoms with van der Waals surface area (Å²) in [6, 6.07) is 17.3. The maximum absolute atomic E-state index is 12.1. The summed E-state index contributed by atoms with van der Waals surface area (Å²) in [4.78, 5) is 12.1. The van der Waals surface area contributed by atoms with Crippen molar-refractivity contribution in [2.24, 2.45) is 5.10 Å². The standard InChI is InChI=1S/C23H19Cl3N2O3/c1-2-30-21-12-15(13-27-28-23(29)16-7-9-18(24)10-8-16)11-20(26)22(21)31-14-17-5-3-4-6-19(17)25/h3-13H,2,14H2,1H3,(H,28,29)/b27-13-. The van der Waals surface area contributed by atoms with Crippen LogP contribution in [0.2, 0.25) is 15.1 Å². The van der Waals surface area contributed by atoms with Gasteiger partial charge in [-0.25, -0.2) is 5.43 Å². The first-order valence-electron chi connectivity index (χ1n) is 9.39. The minimum absolute atomic E-state index is 0.240. The number of hydrazone groups is 1. The van der Waals surface area contributed by atoms with Crippen LogP contribution >= 0.6 is 34.8 Å². The highest BCUT2D eigenvalue weighted by atomic mass is 35.5. The Bertz CT molecular complexity index is 1090. The van der Waals surface area contributed by atoms with Crippen molar-refractivity contribution in [3.63, 3.8) is 0 Å². The molecular weight excluding hydrogens is 459 g/mol. The Morgan fingerprint density at radius 1 is 1.00 bits per heavy atom. The van der Waals surface area contributed by atoms with E-state index in [2.05, 4.69) is 10.5 Å². The predicted molar refractivity (Wildman–Crippen MR) is 125 cm³/mol. The lowest BCUT2D eigenvalue weighted by Gasteiger charge is -2.15. The normalized spacial score (nSPS) is 10.8. The third-order valence-electron chi connectivity index (χ3n) is 4.15. The molecule has 3 aromatic carbocycles. The molecule has 0 radical (unpaired) electrons. The zero-order chi connectivity index (χ0) is 22.2. The van der Waals surface area contributed by atoms with E-state index in [1.807, 2.05) is 25.1 Å². The first-order chi connectivity index (χ1) is 15.0. The summed E-state index contributed by atoms with van der Waals surface area (Å²) in [6.07, 6.45) is 1.47. The maximum atomic E-state index is 12.1. The van der Waals surface area contributed by atoms with Crippen LogP contribution in [0.1, 0.15) is 28.4 Å². The van der Waals surface area contributed by atoms with Gasteiger partial charge < -0.3 is 9.47 Å². The first kappa shape index (κ1) is 22.9. The SMILES string of the molecule is CCOc1cc(/C=N\NC(=O)c2ccc(Cl)cc2)cc(Cl)c1OCc1ccccc1Cl. The fourth-order valence-electron chi connectivity index (χ4n) is 2.66. The van der Waals surface area contributed by atoms with Crippen LogP contribution in [0.3, 0.4) is 0 Å². The summed E-state index contributed by atoms with van der Waals surface area (Å²) in [6.45, 7) is 2.52. The number of carbonyl (C=O) groups is 1. The van der Waals surface area contributed by atoms with Gasteiger partial charge in [-0.2, -0.15) is 5.10 Å². The molecule has 0 aliphatic carbocycles. The van der Waals surface area contributed by atoms with Gasteiger partial charge in [0.25, 0.3) is 5.91 Å². The molecule has 0 heterocycles. The molecule has 160 valence electrons. The molecule has 0 bridgehead atoms. The van der Waals surface area contributed by atoms with E-state index in [0.29, 0.717) is 44.3 Å². The van der Waals surface area contributed by atoms with Crippen LogP contribution in [0.25, 0.3) is 0 Å². The van der Waals surface area contributed by atoms with Gasteiger partial charge in [0.1, 0.15) is 6.61 Å². The van der Waals surface area contributed by atoms with Crippen LogP contribution in [0.5, 0.6) is 11.5 Å². The molecule has 0 atom stereocenters. The number of hydrogen-bond donors (Lipinski definition) is 1. The smallest absolute Gasteiger partial charge is 0.271 e. The Labute approximate surface area is 195 Å². The van der Waals surface area contributed by atoms with Crippen molar-refractivity contribution in [1.82, 2.24) is 5.43 Å². The van der Waals surface area contributed by atoms with Crippen molar-refractivity contribution in [3.8, 4) is 11.5 Å². The van der Waals surface area contributed by atoms with E-state index < -0.39 is 0 Å². The van der Waals surface area contributed by atoms with Gasteiger partial charge >= 0.3 is 0 Å². The Kier molecular flexibility index (Phi) is 8.18. The number of carbonyl (C=O) groups excluding carboxylic acids is 1. The Morgan fingerprint density at radius 3 is 2.45 bits per heavy atom. The molecule has 3 rings (SSSR count). The number of benzene rings is 3. The third-order valence-corrected chi connectivity index (χ3v) is 5.05. The van der Waals surface area contributed by atoms with E-state index in [1.54, 1.807) is 42.5 Å². The highest BCUT2D eigenvalue weighted by molar-refractivity contribution is 6.32. The number of halogens is 3. The second-order valence-electron chi connectivity index (χ2n) is 6.35. The molecule has 0 unspecified atom stereocenters. The van der Waals surface area contributed by atoms with E-state index in [9.17, 15) is 4.79 Å². The number of ether oxygens (including phenoxy) is 2. The van der Waals surface area contributed by atoms with Gasteiger partial charge in [0.2, 0.25) is 0 Å². The van der Waals surface area contributed by atoms with Crippen molar-refractivity contribution in [2.75, 3.05) is 6.61 Å². The topological polar surface area (TPSA) is 59.9 Å². The largest absolute Gasteiger partial charge is 0.490 e. The molecule has 0 fully saturated rings. The summed E-state index contributed by atoms with van der Waals surface area (Å²) in [5.41, 5.74) is 4.37. The van der Waals surface area contributed by atoms with E-state index in [1.165, 1.54) is 6.21 Å². The Hall–Kier alpha value is -2.73. The van der Waals surface area contributed by atoms with Crippen LogP contribution in [-0.4, -0.2) is 18.7 Å². The molecule has 0 spiro atoms. The van der Waals surface area contributed by atoms with Gasteiger partial charge in [-0.3, -0.25) is 4.79 Å². The van der Waals surface area contributed by atoms with E-state index in [0.717, 1.165) is 5.56 Å². The number of hydrogen-bond acceptors (Lipinski definition) is 4. The minimum atomic E-state index is -0.358. The molecule has 0 saturated carbocycles. The lowest BCUT2D eigenvalue weighted by molar-refractivity contribution is 0.0955. The minimum Gasteiger partial charge on any atom is -0.490 e. The fraction of sp³-hybridized carbons (Fsp3) is 0.130. The molecule has 1 amide bonds. The summed E-state index contributed by atoms with van der Waals surface area (Å²) in [5, 5.41) is 5.50. The number of nitrogens with one attached hydrogen (secondary N) is 1. The highest BCUT2D eigenvalue weighted by Gasteiger charge is 2.13. The van der Waals surface area contributed by atoms with Crippen LogP contribution in [0.4, 0.5) is 0 Å². The first-order valence-corrected chi connectivity index (χ1v) is 10.5. The van der Waals surface area contributed by atoms with Crippen molar-refractivity contribution in [1.29, 1.82) is 0 Å². The Morgan fingerprint density at radius 2 is 1.74 bits per heavy atom. The fourth-order valence-corrected chi connectivity index (χ4v) is 3.25. The van der Waals surface area contributed by atoms with E-state index >= 15 is 0 Å². The monoisotopic (exact) mass is 476 g/mol. The van der Waals surface area contributed by atoms with Gasteiger partial charge in [-0.15, -0.1) is 0 Å². The predicted octanol–water partition coefficient (Wildman–Crippen LogP) is 6.39. The molecule has 3 aromatic rings. The molecule has 31 heavy (non-hydrogen) atoms. The van der Waals surface area contributed by atoms with Crippen molar-refractivity contribution in [3.05, 3.63) is 92.4 Å². The van der Waals surface area contributed by atoms with Gasteiger partial charge in [0.15, 0.2) is 11.5 Å². The van der Waals surface area contributed by atoms with Crippen LogP contribution in [-0.2, 0) is 6.61 Å².